The van der Waals surface area contributed by atoms with Crippen LogP contribution >= 0.6 is 11.8 Å². The van der Waals surface area contributed by atoms with Crippen LogP contribution in [0.25, 0.3) is 0 Å². The molecule has 10 heteroatoms. The number of thioether (sulfide) groups is 1. The number of nitrogens with one attached hydrogen (secondary N) is 1. The summed E-state index contributed by atoms with van der Waals surface area (Å²) in [5.41, 5.74) is 1.17. The minimum absolute atomic E-state index is 0.0177. The zero-order valence-electron chi connectivity index (χ0n) is 22.6. The van der Waals surface area contributed by atoms with Gasteiger partial charge in [-0.15, -0.1) is 11.8 Å². The number of hydrogen-bond donors (Lipinski definition) is 3. The Kier molecular flexibility index (Phi) is 10.8. The van der Waals surface area contributed by atoms with Crippen molar-refractivity contribution >= 4 is 33.4 Å². The smallest absolute Gasteiger partial charge is 0.243 e. The predicted octanol–water partition coefficient (Wildman–Crippen LogP) is 4.76. The first-order valence-corrected chi connectivity index (χ1v) is 15.0. The van der Waals surface area contributed by atoms with Gasteiger partial charge in [0.15, 0.2) is 0 Å². The van der Waals surface area contributed by atoms with Gasteiger partial charge in [-0.1, -0.05) is 32.0 Å². The molecular weight excluding hydrogens is 536 g/mol. The molecule has 2 unspecified atom stereocenters. The number of nitrogens with zero attached hydrogens (tertiary/aromatic N) is 1. The van der Waals surface area contributed by atoms with E-state index in [4.69, 9.17) is 4.74 Å². The number of rotatable bonds is 13. The van der Waals surface area contributed by atoms with Crippen molar-refractivity contribution < 1.29 is 28.2 Å². The third-order valence-corrected chi connectivity index (χ3v) is 9.08. The molecule has 0 aromatic heterocycles. The van der Waals surface area contributed by atoms with E-state index in [2.05, 4.69) is 5.32 Å². The SMILES string of the molecule is COc1ccc(S(=O)(=O)N(CC(C)C)CC(O)C(CSc2ccccc2)C(=O)Nc2ccc(O)cc2C)cc1. The molecule has 0 heterocycles. The van der Waals surface area contributed by atoms with Crippen LogP contribution in [0.5, 0.6) is 11.5 Å². The molecule has 3 aromatic rings. The molecule has 0 saturated carbocycles. The molecule has 3 aromatic carbocycles. The Morgan fingerprint density at radius 2 is 1.69 bits per heavy atom. The maximum atomic E-state index is 13.6. The van der Waals surface area contributed by atoms with Gasteiger partial charge in [0, 0.05) is 29.4 Å². The topological polar surface area (TPSA) is 116 Å². The number of hydrogen-bond acceptors (Lipinski definition) is 7. The Morgan fingerprint density at radius 3 is 2.28 bits per heavy atom. The monoisotopic (exact) mass is 572 g/mol. The highest BCUT2D eigenvalue weighted by molar-refractivity contribution is 7.99. The average molecular weight is 573 g/mol. The number of anilines is 1. The highest BCUT2D eigenvalue weighted by Crippen LogP contribution is 2.27. The van der Waals surface area contributed by atoms with E-state index in [0.29, 0.717) is 17.0 Å². The number of aromatic hydroxyl groups is 1. The number of benzene rings is 3. The van der Waals surface area contributed by atoms with E-state index in [1.165, 1.54) is 47.4 Å². The highest BCUT2D eigenvalue weighted by atomic mass is 32.2. The number of carbonyl (C=O) groups is 1. The quantitative estimate of drug-likeness (QED) is 0.200. The first-order valence-electron chi connectivity index (χ1n) is 12.6. The molecule has 2 atom stereocenters. The Hall–Kier alpha value is -3.05. The summed E-state index contributed by atoms with van der Waals surface area (Å²) in [6, 6.07) is 20.2. The second-order valence-corrected chi connectivity index (χ2v) is 12.7. The number of phenolic OH excluding ortho intramolecular Hbond substituents is 1. The third-order valence-electron chi connectivity index (χ3n) is 6.10. The minimum atomic E-state index is -3.96. The van der Waals surface area contributed by atoms with Crippen LogP contribution in [0, 0.1) is 18.8 Å². The number of carbonyl (C=O) groups excluding carboxylic acids is 1. The number of aliphatic hydroxyl groups is 1. The van der Waals surface area contributed by atoms with Gasteiger partial charge in [-0.25, -0.2) is 8.42 Å². The minimum Gasteiger partial charge on any atom is -0.508 e. The number of sulfonamides is 1. The van der Waals surface area contributed by atoms with E-state index in [1.807, 2.05) is 44.2 Å². The molecule has 0 bridgehead atoms. The lowest BCUT2D eigenvalue weighted by Gasteiger charge is -2.29. The van der Waals surface area contributed by atoms with Gasteiger partial charge in [0.1, 0.15) is 11.5 Å². The number of methoxy groups -OCH3 is 1. The molecule has 0 spiro atoms. The Bertz CT molecular complexity index is 1330. The fourth-order valence-corrected chi connectivity index (χ4v) is 6.71. The summed E-state index contributed by atoms with van der Waals surface area (Å²) in [6.07, 6.45) is -1.29. The fourth-order valence-electron chi connectivity index (χ4n) is 3.99. The summed E-state index contributed by atoms with van der Waals surface area (Å²) < 4.78 is 33.6. The second kappa shape index (κ2) is 13.8. The Morgan fingerprint density at radius 1 is 1.03 bits per heavy atom. The number of amides is 1. The van der Waals surface area contributed by atoms with Gasteiger partial charge in [0.2, 0.25) is 15.9 Å². The summed E-state index contributed by atoms with van der Waals surface area (Å²) in [7, 11) is -2.46. The number of aliphatic hydroxyl groups excluding tert-OH is 1. The van der Waals surface area contributed by atoms with Crippen molar-refractivity contribution in [3.05, 3.63) is 78.4 Å². The fraction of sp³-hybridized carbons (Fsp3) is 0.345. The largest absolute Gasteiger partial charge is 0.508 e. The summed E-state index contributed by atoms with van der Waals surface area (Å²) in [6.45, 7) is 5.46. The summed E-state index contributed by atoms with van der Waals surface area (Å²) in [5.74, 6) is -0.545. The molecule has 8 nitrogen and oxygen atoms in total. The van der Waals surface area contributed by atoms with Crippen molar-refractivity contribution in [3.8, 4) is 11.5 Å². The van der Waals surface area contributed by atoms with Gasteiger partial charge in [-0.05, 0) is 73.0 Å². The van der Waals surface area contributed by atoms with Crippen LogP contribution in [0.4, 0.5) is 5.69 Å². The Balaban J connectivity index is 1.88. The van der Waals surface area contributed by atoms with E-state index in [-0.39, 0.29) is 35.4 Å². The van der Waals surface area contributed by atoms with Gasteiger partial charge < -0.3 is 20.3 Å². The van der Waals surface area contributed by atoms with Gasteiger partial charge in [0.05, 0.1) is 24.0 Å². The number of ether oxygens (including phenoxy) is 1. The van der Waals surface area contributed by atoms with Gasteiger partial charge in [-0.3, -0.25) is 4.79 Å². The van der Waals surface area contributed by atoms with Gasteiger partial charge in [-0.2, -0.15) is 4.31 Å². The molecule has 3 N–H and O–H groups in total. The van der Waals surface area contributed by atoms with Crippen LogP contribution in [-0.2, 0) is 14.8 Å². The van der Waals surface area contributed by atoms with Crippen molar-refractivity contribution in [3.63, 3.8) is 0 Å². The van der Waals surface area contributed by atoms with Crippen LogP contribution in [-0.4, -0.2) is 60.9 Å². The molecule has 0 fully saturated rings. The standard InChI is InChI=1S/C29H36N2O6S2/c1-20(2)17-31(39(35,36)25-13-11-23(37-4)12-14-25)18-28(33)26(19-38-24-8-6-5-7-9-24)29(34)30-27-15-10-22(32)16-21(27)3/h5-16,20,26,28,32-33H,17-19H2,1-4H3,(H,30,34). The molecule has 210 valence electrons. The lowest BCUT2D eigenvalue weighted by molar-refractivity contribution is -0.122. The molecule has 0 aliphatic carbocycles. The van der Waals surface area contributed by atoms with Crippen LogP contribution < -0.4 is 10.1 Å². The number of phenols is 1. The van der Waals surface area contributed by atoms with E-state index < -0.39 is 28.0 Å². The normalized spacial score (nSPS) is 13.3. The van der Waals surface area contributed by atoms with Crippen molar-refractivity contribution in [2.75, 3.05) is 31.3 Å². The molecule has 0 radical (unpaired) electrons. The zero-order chi connectivity index (χ0) is 28.6. The zero-order valence-corrected chi connectivity index (χ0v) is 24.2. The highest BCUT2D eigenvalue weighted by Gasteiger charge is 2.34. The third kappa shape index (κ3) is 8.47. The van der Waals surface area contributed by atoms with Crippen molar-refractivity contribution in [1.29, 1.82) is 0 Å². The summed E-state index contributed by atoms with van der Waals surface area (Å²) in [4.78, 5) is 14.5. The average Bonchev–Trinajstić information content (AvgIpc) is 2.90. The predicted molar refractivity (Wildman–Crippen MR) is 155 cm³/mol. The lowest BCUT2D eigenvalue weighted by atomic mass is 10.0. The number of aryl methyl sites for hydroxylation is 1. The van der Waals surface area contributed by atoms with Crippen LogP contribution in [0.3, 0.4) is 0 Å². The maximum Gasteiger partial charge on any atom is 0.243 e. The second-order valence-electron chi connectivity index (χ2n) is 9.68. The lowest BCUT2D eigenvalue weighted by Crippen LogP contribution is -2.45. The van der Waals surface area contributed by atoms with Crippen molar-refractivity contribution in [2.45, 2.75) is 36.7 Å². The first-order chi connectivity index (χ1) is 18.5. The van der Waals surface area contributed by atoms with Gasteiger partial charge in [0.25, 0.3) is 0 Å². The van der Waals surface area contributed by atoms with E-state index in [9.17, 15) is 23.4 Å². The molecule has 39 heavy (non-hydrogen) atoms. The van der Waals surface area contributed by atoms with Crippen LogP contribution in [0.1, 0.15) is 19.4 Å². The molecule has 0 saturated heterocycles. The van der Waals surface area contributed by atoms with Crippen molar-refractivity contribution in [1.82, 2.24) is 4.31 Å². The summed E-state index contributed by atoms with van der Waals surface area (Å²) >= 11 is 1.41. The molecule has 3 rings (SSSR count). The van der Waals surface area contributed by atoms with Crippen molar-refractivity contribution in [2.24, 2.45) is 11.8 Å². The van der Waals surface area contributed by atoms with E-state index in [0.717, 1.165) is 4.90 Å². The van der Waals surface area contributed by atoms with Crippen LogP contribution in [0.15, 0.2) is 82.6 Å². The first kappa shape index (κ1) is 30.5. The molecular formula is C29H36N2O6S2. The molecule has 0 aliphatic heterocycles. The summed E-state index contributed by atoms with van der Waals surface area (Å²) in [5, 5.41) is 24.0. The van der Waals surface area contributed by atoms with E-state index in [1.54, 1.807) is 25.1 Å². The Labute approximate surface area is 235 Å². The molecule has 1 amide bonds. The van der Waals surface area contributed by atoms with Gasteiger partial charge >= 0.3 is 0 Å². The van der Waals surface area contributed by atoms with Crippen LogP contribution in [0.2, 0.25) is 0 Å². The maximum absolute atomic E-state index is 13.6. The molecule has 0 aliphatic rings. The van der Waals surface area contributed by atoms with E-state index >= 15 is 0 Å².